The van der Waals surface area contributed by atoms with Crippen molar-refractivity contribution in [3.05, 3.63) is 41.3 Å². The zero-order valence-electron chi connectivity index (χ0n) is 10.5. The van der Waals surface area contributed by atoms with Crippen molar-refractivity contribution in [2.24, 2.45) is 0 Å². The fourth-order valence-corrected chi connectivity index (χ4v) is 3.38. The van der Waals surface area contributed by atoms with E-state index in [9.17, 15) is 8.42 Å². The summed E-state index contributed by atoms with van der Waals surface area (Å²) in [5, 5.41) is 1.10. The lowest BCUT2D eigenvalue weighted by molar-refractivity contribution is 0.589. The second-order valence-corrected chi connectivity index (χ2v) is 6.78. The molecule has 0 spiro atoms. The van der Waals surface area contributed by atoms with E-state index < -0.39 is 15.1 Å². The molecule has 1 aromatic rings. The molecule has 1 rings (SSSR count). The second-order valence-electron chi connectivity index (χ2n) is 3.87. The molecule has 4 heteroatoms. The number of terminal acetylenes is 1. The summed E-state index contributed by atoms with van der Waals surface area (Å²) >= 11 is 1.46. The molecule has 96 valence electrons. The standard InChI is InChI=1S/C14H16O2S2/c1-4-5-13(10-11-17-3)18(15,16)14-8-6-12(2)7-9-14/h1,6-11,13H,5H2,2-3H3/b11-10+. The summed E-state index contributed by atoms with van der Waals surface area (Å²) in [6.07, 6.45) is 8.96. The van der Waals surface area contributed by atoms with Gasteiger partial charge in [-0.25, -0.2) is 8.42 Å². The van der Waals surface area contributed by atoms with Crippen LogP contribution in [-0.2, 0) is 9.84 Å². The van der Waals surface area contributed by atoms with Crippen LogP contribution < -0.4 is 0 Å². The van der Waals surface area contributed by atoms with Crippen LogP contribution in [0.25, 0.3) is 0 Å². The molecule has 0 radical (unpaired) electrons. The topological polar surface area (TPSA) is 34.1 Å². The number of rotatable bonds is 5. The average molecular weight is 280 g/mol. The van der Waals surface area contributed by atoms with E-state index in [-0.39, 0.29) is 6.42 Å². The molecule has 0 aromatic heterocycles. The first-order valence-corrected chi connectivity index (χ1v) is 8.29. The van der Waals surface area contributed by atoms with E-state index >= 15 is 0 Å². The van der Waals surface area contributed by atoms with Gasteiger partial charge in [0.1, 0.15) is 0 Å². The monoisotopic (exact) mass is 280 g/mol. The maximum absolute atomic E-state index is 12.4. The maximum atomic E-state index is 12.4. The van der Waals surface area contributed by atoms with Gasteiger partial charge in [-0.2, -0.15) is 0 Å². The van der Waals surface area contributed by atoms with Gasteiger partial charge in [0.05, 0.1) is 10.1 Å². The van der Waals surface area contributed by atoms with Crippen molar-refractivity contribution < 1.29 is 8.42 Å². The van der Waals surface area contributed by atoms with Crippen LogP contribution in [0.1, 0.15) is 12.0 Å². The summed E-state index contributed by atoms with van der Waals surface area (Å²) in [6, 6.07) is 6.83. The molecule has 0 saturated heterocycles. The van der Waals surface area contributed by atoms with Crippen molar-refractivity contribution in [3.63, 3.8) is 0 Å². The van der Waals surface area contributed by atoms with Gasteiger partial charge in [0.25, 0.3) is 0 Å². The summed E-state index contributed by atoms with van der Waals surface area (Å²) in [4.78, 5) is 0.319. The van der Waals surface area contributed by atoms with Crippen molar-refractivity contribution in [2.45, 2.75) is 23.5 Å². The lowest BCUT2D eigenvalue weighted by Gasteiger charge is -2.11. The number of hydrogen-bond acceptors (Lipinski definition) is 3. The van der Waals surface area contributed by atoms with Crippen molar-refractivity contribution in [2.75, 3.05) is 6.26 Å². The third kappa shape index (κ3) is 3.66. The third-order valence-corrected chi connectivity index (χ3v) is 4.98. The second kappa shape index (κ2) is 6.67. The molecule has 18 heavy (non-hydrogen) atoms. The van der Waals surface area contributed by atoms with E-state index in [1.165, 1.54) is 11.8 Å². The Morgan fingerprint density at radius 3 is 2.50 bits per heavy atom. The minimum absolute atomic E-state index is 0.188. The molecule has 0 aliphatic rings. The van der Waals surface area contributed by atoms with Crippen LogP contribution in [0.4, 0.5) is 0 Å². The first-order chi connectivity index (χ1) is 8.52. The van der Waals surface area contributed by atoms with Crippen molar-refractivity contribution in [3.8, 4) is 12.3 Å². The van der Waals surface area contributed by atoms with Crippen molar-refractivity contribution in [1.29, 1.82) is 0 Å². The average Bonchev–Trinajstić information content (AvgIpc) is 2.35. The van der Waals surface area contributed by atoms with Gasteiger partial charge < -0.3 is 0 Å². The van der Waals surface area contributed by atoms with Crippen LogP contribution in [0.2, 0.25) is 0 Å². The smallest absolute Gasteiger partial charge is 0.185 e. The van der Waals surface area contributed by atoms with Crippen LogP contribution >= 0.6 is 11.8 Å². The van der Waals surface area contributed by atoms with Crippen LogP contribution in [0.15, 0.2) is 40.6 Å². The maximum Gasteiger partial charge on any atom is 0.185 e. The van der Waals surface area contributed by atoms with Gasteiger partial charge in [0.2, 0.25) is 0 Å². The number of benzene rings is 1. The summed E-state index contributed by atoms with van der Waals surface area (Å²) in [5.74, 6) is 2.42. The quantitative estimate of drug-likeness (QED) is 0.777. The fraction of sp³-hybridized carbons (Fsp3) is 0.286. The van der Waals surface area contributed by atoms with Gasteiger partial charge in [-0.05, 0) is 30.7 Å². The summed E-state index contributed by atoms with van der Waals surface area (Å²) in [7, 11) is -3.39. The lowest BCUT2D eigenvalue weighted by Crippen LogP contribution is -2.18. The van der Waals surface area contributed by atoms with E-state index in [1.54, 1.807) is 35.7 Å². The Bertz CT molecular complexity index is 548. The first-order valence-electron chi connectivity index (χ1n) is 5.46. The first kappa shape index (κ1) is 14.9. The normalized spacial score (nSPS) is 13.4. The van der Waals surface area contributed by atoms with E-state index in [4.69, 9.17) is 6.42 Å². The zero-order valence-corrected chi connectivity index (χ0v) is 12.1. The number of hydrogen-bond donors (Lipinski definition) is 0. The summed E-state index contributed by atoms with van der Waals surface area (Å²) in [6.45, 7) is 1.92. The number of aryl methyl sites for hydroxylation is 1. The molecule has 0 N–H and O–H groups in total. The Balaban J connectivity index is 3.13. The molecule has 0 bridgehead atoms. The third-order valence-electron chi connectivity index (χ3n) is 2.50. The van der Waals surface area contributed by atoms with E-state index in [0.717, 1.165) is 5.56 Å². The van der Waals surface area contributed by atoms with E-state index in [1.807, 2.05) is 13.2 Å². The molecule has 0 fully saturated rings. The minimum atomic E-state index is -3.39. The van der Waals surface area contributed by atoms with Gasteiger partial charge in [0, 0.05) is 6.42 Å². The predicted molar refractivity (Wildman–Crippen MR) is 78.3 cm³/mol. The molecule has 1 aromatic carbocycles. The highest BCUT2D eigenvalue weighted by Gasteiger charge is 2.24. The molecular formula is C14H16O2S2. The highest BCUT2D eigenvalue weighted by atomic mass is 32.2. The highest BCUT2D eigenvalue weighted by Crippen LogP contribution is 2.20. The van der Waals surface area contributed by atoms with Crippen LogP contribution in [0.5, 0.6) is 0 Å². The zero-order chi connectivity index (χ0) is 13.6. The van der Waals surface area contributed by atoms with Crippen molar-refractivity contribution in [1.82, 2.24) is 0 Å². The van der Waals surface area contributed by atoms with E-state index in [0.29, 0.717) is 4.90 Å². The van der Waals surface area contributed by atoms with Gasteiger partial charge in [-0.15, -0.1) is 24.1 Å². The summed E-state index contributed by atoms with van der Waals surface area (Å²) < 4.78 is 24.8. The van der Waals surface area contributed by atoms with Gasteiger partial charge in [0.15, 0.2) is 9.84 Å². The predicted octanol–water partition coefficient (Wildman–Crippen LogP) is 3.04. The van der Waals surface area contributed by atoms with Crippen LogP contribution in [-0.4, -0.2) is 19.9 Å². The molecule has 0 heterocycles. The van der Waals surface area contributed by atoms with Crippen LogP contribution in [0.3, 0.4) is 0 Å². The van der Waals surface area contributed by atoms with Gasteiger partial charge >= 0.3 is 0 Å². The Kier molecular flexibility index (Phi) is 5.52. The molecule has 1 unspecified atom stereocenters. The van der Waals surface area contributed by atoms with Crippen LogP contribution in [0, 0.1) is 19.3 Å². The number of sulfone groups is 1. The molecule has 2 nitrogen and oxygen atoms in total. The molecule has 0 saturated carbocycles. The number of thioether (sulfide) groups is 1. The molecule has 0 aliphatic carbocycles. The minimum Gasteiger partial charge on any atom is -0.223 e. The highest BCUT2D eigenvalue weighted by molar-refractivity contribution is 8.01. The Labute approximate surface area is 113 Å². The molecular weight excluding hydrogens is 264 g/mol. The van der Waals surface area contributed by atoms with E-state index in [2.05, 4.69) is 5.92 Å². The Hall–Kier alpha value is -1.18. The Morgan fingerprint density at radius 2 is 2.00 bits per heavy atom. The van der Waals surface area contributed by atoms with Crippen molar-refractivity contribution >= 4 is 21.6 Å². The molecule has 1 atom stereocenters. The largest absolute Gasteiger partial charge is 0.223 e. The Morgan fingerprint density at radius 1 is 1.39 bits per heavy atom. The lowest BCUT2D eigenvalue weighted by atomic mass is 10.2. The van der Waals surface area contributed by atoms with Gasteiger partial charge in [-0.3, -0.25) is 0 Å². The summed E-state index contributed by atoms with van der Waals surface area (Å²) in [5.41, 5.74) is 1.03. The molecule has 0 amide bonds. The SMILES string of the molecule is C#CCC(/C=C/SC)S(=O)(=O)c1ccc(C)cc1. The van der Waals surface area contributed by atoms with Gasteiger partial charge in [-0.1, -0.05) is 23.8 Å². The fourth-order valence-electron chi connectivity index (χ4n) is 1.47. The molecule has 0 aliphatic heterocycles.